The van der Waals surface area contributed by atoms with Gasteiger partial charge in [-0.25, -0.2) is 22.4 Å². The number of nitrogens with one attached hydrogen (secondary N) is 1. The standard InChI is InChI=1S/C13H9ClF2N2O.C7H6ClNO2.C6H5F2N.CH4/c14-10-2-1-3-11(17)12(10)13(19)18-9-5-7(15)4-8(16)6-9;8-4-2-1-3-5(9)6(4)7(10)11;7-4-1-5(8)3-6(9)2-4;/h1-6H,17H2,(H,18,19);1-3H,9H2,(H,10,11);1-3H,9H2;1H4. The van der Waals surface area contributed by atoms with E-state index in [1.165, 1.54) is 24.3 Å². The summed E-state index contributed by atoms with van der Waals surface area (Å²) in [5.74, 6) is -4.61. The van der Waals surface area contributed by atoms with Crippen LogP contribution in [0.5, 0.6) is 0 Å². The van der Waals surface area contributed by atoms with Crippen LogP contribution >= 0.6 is 23.2 Å². The second kappa shape index (κ2) is 15.2. The number of anilines is 4. The van der Waals surface area contributed by atoms with Crippen LogP contribution in [0.1, 0.15) is 28.1 Å². The van der Waals surface area contributed by atoms with Crippen LogP contribution in [-0.2, 0) is 0 Å². The van der Waals surface area contributed by atoms with Gasteiger partial charge < -0.3 is 27.6 Å². The van der Waals surface area contributed by atoms with Crippen molar-refractivity contribution < 1.29 is 32.3 Å². The number of aromatic carboxylic acids is 1. The van der Waals surface area contributed by atoms with E-state index in [1.807, 2.05) is 0 Å². The number of rotatable bonds is 3. The van der Waals surface area contributed by atoms with Crippen molar-refractivity contribution in [1.29, 1.82) is 0 Å². The highest BCUT2D eigenvalue weighted by atomic mass is 35.5. The second-order valence-corrected chi connectivity index (χ2v) is 8.34. The van der Waals surface area contributed by atoms with Gasteiger partial charge >= 0.3 is 5.97 Å². The van der Waals surface area contributed by atoms with Gasteiger partial charge in [-0.05, 0) is 48.5 Å². The number of hydrogen-bond donors (Lipinski definition) is 5. The lowest BCUT2D eigenvalue weighted by atomic mass is 10.1. The number of nitrogens with two attached hydrogens (primary N) is 3. The number of hydrogen-bond acceptors (Lipinski definition) is 5. The minimum Gasteiger partial charge on any atom is -0.478 e. The van der Waals surface area contributed by atoms with Gasteiger partial charge in [0, 0.05) is 34.9 Å². The lowest BCUT2D eigenvalue weighted by Crippen LogP contribution is -2.15. The van der Waals surface area contributed by atoms with Crippen LogP contribution < -0.4 is 22.5 Å². The molecule has 8 N–H and O–H groups in total. The van der Waals surface area contributed by atoms with E-state index in [0.29, 0.717) is 6.07 Å². The molecule has 0 aliphatic rings. The van der Waals surface area contributed by atoms with Crippen molar-refractivity contribution in [3.8, 4) is 0 Å². The molecule has 7 nitrogen and oxygen atoms in total. The Balaban J connectivity index is 0.000000324. The van der Waals surface area contributed by atoms with Gasteiger partial charge in [-0.1, -0.05) is 42.8 Å². The number of amides is 1. The molecule has 0 bridgehead atoms. The molecule has 212 valence electrons. The van der Waals surface area contributed by atoms with Crippen LogP contribution in [0.25, 0.3) is 0 Å². The van der Waals surface area contributed by atoms with E-state index in [1.54, 1.807) is 12.1 Å². The molecular formula is C27H24Cl2F4N4O3. The quantitative estimate of drug-likeness (QED) is 0.124. The molecule has 0 saturated heterocycles. The number of carbonyl (C=O) groups excluding carboxylic acids is 1. The smallest absolute Gasteiger partial charge is 0.339 e. The SMILES string of the molecule is C.Nc1cc(F)cc(F)c1.Nc1cccc(Cl)c1C(=O)Nc1cc(F)cc(F)c1.Nc1cccc(Cl)c1C(=O)O. The maximum atomic E-state index is 13.0. The predicted octanol–water partition coefficient (Wildman–Crippen LogP) is 7.26. The van der Waals surface area contributed by atoms with Crippen molar-refractivity contribution in [2.75, 3.05) is 22.5 Å². The van der Waals surface area contributed by atoms with E-state index in [0.717, 1.165) is 30.3 Å². The summed E-state index contributed by atoms with van der Waals surface area (Å²) in [7, 11) is 0. The van der Waals surface area contributed by atoms with Gasteiger partial charge in [0.05, 0.1) is 15.6 Å². The molecule has 0 aliphatic carbocycles. The van der Waals surface area contributed by atoms with Gasteiger partial charge in [0.1, 0.15) is 28.8 Å². The maximum Gasteiger partial charge on any atom is 0.339 e. The minimum atomic E-state index is -1.10. The predicted molar refractivity (Wildman–Crippen MR) is 151 cm³/mol. The van der Waals surface area contributed by atoms with Gasteiger partial charge in [0.25, 0.3) is 5.91 Å². The first kappa shape index (κ1) is 33.5. The topological polar surface area (TPSA) is 144 Å². The summed E-state index contributed by atoms with van der Waals surface area (Å²) >= 11 is 11.4. The molecule has 4 aromatic rings. The molecule has 0 heterocycles. The summed E-state index contributed by atoms with van der Waals surface area (Å²) in [5.41, 5.74) is 16.6. The number of carboxylic acids is 1. The number of benzene rings is 4. The number of carbonyl (C=O) groups is 2. The normalized spacial score (nSPS) is 9.65. The summed E-state index contributed by atoms with van der Waals surface area (Å²) in [4.78, 5) is 22.4. The largest absolute Gasteiger partial charge is 0.478 e. The number of halogens is 6. The van der Waals surface area contributed by atoms with Gasteiger partial charge in [-0.15, -0.1) is 0 Å². The number of nitrogen functional groups attached to an aromatic ring is 3. The van der Waals surface area contributed by atoms with Crippen LogP contribution in [0.3, 0.4) is 0 Å². The zero-order valence-electron chi connectivity index (χ0n) is 19.7. The Labute approximate surface area is 237 Å². The van der Waals surface area contributed by atoms with Crippen LogP contribution in [0.4, 0.5) is 40.3 Å². The molecule has 40 heavy (non-hydrogen) atoms. The fourth-order valence-corrected chi connectivity index (χ4v) is 3.47. The molecule has 0 fully saturated rings. The fourth-order valence-electron chi connectivity index (χ4n) is 2.94. The molecule has 0 aromatic heterocycles. The van der Waals surface area contributed by atoms with Crippen LogP contribution in [0, 0.1) is 23.3 Å². The molecule has 1 amide bonds. The lowest BCUT2D eigenvalue weighted by Gasteiger charge is -2.09. The third kappa shape index (κ3) is 10.0. The maximum absolute atomic E-state index is 13.0. The summed E-state index contributed by atoms with van der Waals surface area (Å²) < 4.78 is 50.2. The van der Waals surface area contributed by atoms with Gasteiger partial charge in [-0.2, -0.15) is 0 Å². The molecule has 0 aliphatic heterocycles. The Morgan fingerprint density at radius 3 is 1.43 bits per heavy atom. The van der Waals surface area contributed by atoms with Crippen LogP contribution in [-0.4, -0.2) is 17.0 Å². The van der Waals surface area contributed by atoms with Crippen molar-refractivity contribution in [2.45, 2.75) is 7.43 Å². The zero-order chi connectivity index (χ0) is 29.3. The molecule has 0 spiro atoms. The summed E-state index contributed by atoms with van der Waals surface area (Å²) in [6, 6.07) is 14.8. The fraction of sp³-hybridized carbons (Fsp3) is 0.0370. The van der Waals surface area contributed by atoms with E-state index in [9.17, 15) is 27.2 Å². The molecule has 4 rings (SSSR count). The van der Waals surface area contributed by atoms with Crippen molar-refractivity contribution in [3.05, 3.63) is 117 Å². The Hall–Kier alpha value is -4.48. The Morgan fingerprint density at radius 2 is 1.07 bits per heavy atom. The number of carboxylic acid groups (broad SMARTS) is 1. The van der Waals surface area contributed by atoms with Crippen molar-refractivity contribution in [2.24, 2.45) is 0 Å². The van der Waals surface area contributed by atoms with E-state index in [2.05, 4.69) is 5.32 Å². The monoisotopic (exact) mass is 598 g/mol. The van der Waals surface area contributed by atoms with E-state index < -0.39 is 35.1 Å². The first-order valence-corrected chi connectivity index (χ1v) is 11.3. The summed E-state index contributed by atoms with van der Waals surface area (Å²) in [6.45, 7) is 0. The molecule has 0 unspecified atom stereocenters. The molecule has 0 saturated carbocycles. The lowest BCUT2D eigenvalue weighted by molar-refractivity contribution is 0.0698. The van der Waals surface area contributed by atoms with Gasteiger partial charge in [0.15, 0.2) is 0 Å². The third-order valence-electron chi connectivity index (χ3n) is 4.54. The molecule has 0 atom stereocenters. The van der Waals surface area contributed by atoms with Crippen LogP contribution in [0.15, 0.2) is 72.8 Å². The molecular weight excluding hydrogens is 575 g/mol. The molecule has 0 radical (unpaired) electrons. The molecule has 4 aromatic carbocycles. The van der Waals surface area contributed by atoms with Crippen molar-refractivity contribution in [1.82, 2.24) is 0 Å². The highest BCUT2D eigenvalue weighted by molar-refractivity contribution is 6.35. The van der Waals surface area contributed by atoms with E-state index in [-0.39, 0.29) is 51.3 Å². The van der Waals surface area contributed by atoms with E-state index >= 15 is 0 Å². The average Bonchev–Trinajstić information content (AvgIpc) is 2.78. The Morgan fingerprint density at radius 1 is 0.675 bits per heavy atom. The Kier molecular flexibility index (Phi) is 12.7. The van der Waals surface area contributed by atoms with Crippen molar-refractivity contribution in [3.63, 3.8) is 0 Å². The van der Waals surface area contributed by atoms with Crippen LogP contribution in [0.2, 0.25) is 10.0 Å². The summed E-state index contributed by atoms with van der Waals surface area (Å²) in [6.07, 6.45) is 0. The van der Waals surface area contributed by atoms with E-state index in [4.69, 9.17) is 45.5 Å². The first-order chi connectivity index (χ1) is 18.3. The molecule has 13 heteroatoms. The minimum absolute atomic E-state index is 0. The average molecular weight is 599 g/mol. The second-order valence-electron chi connectivity index (χ2n) is 7.53. The van der Waals surface area contributed by atoms with Gasteiger partial charge in [-0.3, -0.25) is 4.79 Å². The highest BCUT2D eigenvalue weighted by Crippen LogP contribution is 2.24. The zero-order valence-corrected chi connectivity index (χ0v) is 21.2. The first-order valence-electron chi connectivity index (χ1n) is 10.6. The van der Waals surface area contributed by atoms with Crippen molar-refractivity contribution >= 4 is 57.8 Å². The summed E-state index contributed by atoms with van der Waals surface area (Å²) in [5, 5.41) is 11.2. The van der Waals surface area contributed by atoms with Gasteiger partial charge in [0.2, 0.25) is 0 Å². The third-order valence-corrected chi connectivity index (χ3v) is 5.17. The highest BCUT2D eigenvalue weighted by Gasteiger charge is 2.15. The Bertz CT molecular complexity index is 1400.